The first-order valence-corrected chi connectivity index (χ1v) is 13.1. The van der Waals surface area contributed by atoms with E-state index in [9.17, 15) is 9.59 Å². The van der Waals surface area contributed by atoms with Crippen LogP contribution in [0.3, 0.4) is 0 Å². The number of anilines is 1. The van der Waals surface area contributed by atoms with Crippen LogP contribution in [0.1, 0.15) is 43.7 Å². The van der Waals surface area contributed by atoms with Gasteiger partial charge in [-0.3, -0.25) is 9.59 Å². The van der Waals surface area contributed by atoms with Crippen molar-refractivity contribution in [3.63, 3.8) is 0 Å². The second kappa shape index (κ2) is 10.8. The van der Waals surface area contributed by atoms with Crippen molar-refractivity contribution in [3.05, 3.63) is 70.3 Å². The lowest BCUT2D eigenvalue weighted by atomic mass is 10.0. The van der Waals surface area contributed by atoms with Crippen molar-refractivity contribution in [2.45, 2.75) is 56.9 Å². The summed E-state index contributed by atoms with van der Waals surface area (Å²) in [6.45, 7) is 6.21. The van der Waals surface area contributed by atoms with Crippen molar-refractivity contribution in [1.82, 2.24) is 9.80 Å². The molecule has 4 rings (SSSR count). The molecule has 0 atom stereocenters. The van der Waals surface area contributed by atoms with E-state index in [2.05, 4.69) is 23.8 Å². The number of amides is 2. The van der Waals surface area contributed by atoms with Crippen LogP contribution in [0, 0.1) is 6.92 Å². The minimum absolute atomic E-state index is 0.220. The molecule has 180 valence electrons. The van der Waals surface area contributed by atoms with E-state index in [4.69, 9.17) is 0 Å². The highest BCUT2D eigenvalue weighted by molar-refractivity contribution is 8.04. The van der Waals surface area contributed by atoms with Crippen molar-refractivity contribution in [2.75, 3.05) is 32.1 Å². The molecule has 2 amide bonds. The predicted molar refractivity (Wildman–Crippen MR) is 140 cm³/mol. The van der Waals surface area contributed by atoms with Crippen LogP contribution < -0.4 is 4.90 Å². The summed E-state index contributed by atoms with van der Waals surface area (Å²) in [5.74, 6) is -0.450. The Bertz CT molecular complexity index is 1050. The van der Waals surface area contributed by atoms with E-state index >= 15 is 0 Å². The molecule has 6 heteroatoms. The van der Waals surface area contributed by atoms with Crippen molar-refractivity contribution in [3.8, 4) is 0 Å². The summed E-state index contributed by atoms with van der Waals surface area (Å²) < 4.78 is 0. The molecule has 0 N–H and O–H groups in total. The lowest BCUT2D eigenvalue weighted by molar-refractivity contribution is -0.121. The van der Waals surface area contributed by atoms with Gasteiger partial charge in [0.25, 0.3) is 11.8 Å². The molecular formula is C28H35N3O2S. The van der Waals surface area contributed by atoms with Gasteiger partial charge in [-0.1, -0.05) is 54.9 Å². The molecule has 0 radical (unpaired) electrons. The normalized spacial score (nSPS) is 17.7. The second-order valence-corrected chi connectivity index (χ2v) is 10.5. The number of unbranched alkanes of at least 4 members (excludes halogenated alkanes) is 1. The molecule has 0 aromatic heterocycles. The molecular weight excluding hydrogens is 442 g/mol. The van der Waals surface area contributed by atoms with Gasteiger partial charge in [0.15, 0.2) is 0 Å². The highest BCUT2D eigenvalue weighted by Gasteiger charge is 2.43. The number of likely N-dealkylation sites (tertiary alicyclic amines) is 1. The number of thioether (sulfide) groups is 1. The minimum atomic E-state index is -0.230. The maximum absolute atomic E-state index is 13.8. The van der Waals surface area contributed by atoms with Crippen LogP contribution >= 0.6 is 11.8 Å². The average molecular weight is 478 g/mol. The molecule has 0 unspecified atom stereocenters. The highest BCUT2D eigenvalue weighted by Crippen LogP contribution is 2.39. The van der Waals surface area contributed by atoms with Gasteiger partial charge >= 0.3 is 0 Å². The van der Waals surface area contributed by atoms with Crippen molar-refractivity contribution in [2.24, 2.45) is 0 Å². The Balaban J connectivity index is 1.65. The van der Waals surface area contributed by atoms with E-state index in [-0.39, 0.29) is 17.9 Å². The SMILES string of the molecule is CCCCc1ccc(N2C(=O)C(Sc3ccc(C)cc3)=C(N(C)C3CCN(C)CC3)C2=O)cc1. The number of benzene rings is 2. The van der Waals surface area contributed by atoms with Crippen LogP contribution in [0.15, 0.2) is 64.0 Å². The van der Waals surface area contributed by atoms with E-state index in [1.807, 2.05) is 62.5 Å². The highest BCUT2D eigenvalue weighted by atomic mass is 32.2. The number of carbonyl (C=O) groups is 2. The lowest BCUT2D eigenvalue weighted by Crippen LogP contribution is -2.43. The molecule has 0 aliphatic carbocycles. The van der Waals surface area contributed by atoms with Crippen LogP contribution in [-0.2, 0) is 16.0 Å². The first-order chi connectivity index (χ1) is 16.4. The topological polar surface area (TPSA) is 43.9 Å². The van der Waals surface area contributed by atoms with Gasteiger partial charge in [0.05, 0.1) is 5.69 Å². The standard InChI is InChI=1S/C28H35N3O2S/c1-5-6-7-21-10-12-23(13-11-21)31-27(32)25(30(4)22-16-18-29(3)19-17-22)26(28(31)33)34-24-14-8-20(2)9-15-24/h8-15,22H,5-7,16-19H2,1-4H3. The van der Waals surface area contributed by atoms with E-state index in [0.717, 1.165) is 50.1 Å². The summed E-state index contributed by atoms with van der Waals surface area (Å²) in [5, 5.41) is 0. The zero-order chi connectivity index (χ0) is 24.2. The molecule has 1 fully saturated rings. The molecule has 2 aromatic carbocycles. The second-order valence-electron chi connectivity index (χ2n) is 9.45. The Morgan fingerprint density at radius 3 is 2.24 bits per heavy atom. The molecule has 2 aromatic rings. The number of likely N-dealkylation sites (N-methyl/N-ethyl adjacent to an activating group) is 1. The Hall–Kier alpha value is -2.57. The number of rotatable bonds is 8. The third-order valence-corrected chi connectivity index (χ3v) is 7.94. The first-order valence-electron chi connectivity index (χ1n) is 12.3. The van der Waals surface area contributed by atoms with Gasteiger partial charge in [-0.05, 0) is 82.6 Å². The summed E-state index contributed by atoms with van der Waals surface area (Å²) in [6, 6.07) is 16.3. The average Bonchev–Trinajstić information content (AvgIpc) is 3.08. The van der Waals surface area contributed by atoms with Gasteiger partial charge in [-0.15, -0.1) is 0 Å². The summed E-state index contributed by atoms with van der Waals surface area (Å²) in [6.07, 6.45) is 5.24. The van der Waals surface area contributed by atoms with Crippen molar-refractivity contribution >= 4 is 29.3 Å². The van der Waals surface area contributed by atoms with Crippen LogP contribution in [0.25, 0.3) is 0 Å². The summed E-state index contributed by atoms with van der Waals surface area (Å²) in [5.41, 5.74) is 3.57. The minimum Gasteiger partial charge on any atom is -0.366 e. The summed E-state index contributed by atoms with van der Waals surface area (Å²) in [7, 11) is 4.11. The van der Waals surface area contributed by atoms with E-state index < -0.39 is 0 Å². The fourth-order valence-corrected chi connectivity index (χ4v) is 5.63. The number of nitrogens with zero attached hydrogens (tertiary/aromatic N) is 3. The number of aryl methyl sites for hydroxylation is 2. The quantitative estimate of drug-likeness (QED) is 0.487. The van der Waals surface area contributed by atoms with Crippen molar-refractivity contribution in [1.29, 1.82) is 0 Å². The molecule has 2 aliphatic heterocycles. The largest absolute Gasteiger partial charge is 0.366 e. The Morgan fingerprint density at radius 2 is 1.62 bits per heavy atom. The van der Waals surface area contributed by atoms with Crippen molar-refractivity contribution < 1.29 is 9.59 Å². The molecule has 2 aliphatic rings. The molecule has 0 spiro atoms. The maximum atomic E-state index is 13.8. The smallest absolute Gasteiger partial charge is 0.283 e. The number of carbonyl (C=O) groups excluding carboxylic acids is 2. The van der Waals surface area contributed by atoms with E-state index in [0.29, 0.717) is 16.3 Å². The Morgan fingerprint density at radius 1 is 0.971 bits per heavy atom. The molecule has 2 heterocycles. The maximum Gasteiger partial charge on any atom is 0.283 e. The third-order valence-electron chi connectivity index (χ3n) is 6.86. The fourth-order valence-electron chi connectivity index (χ4n) is 4.62. The number of hydrogen-bond donors (Lipinski definition) is 0. The van der Waals surface area contributed by atoms with Gasteiger partial charge in [-0.2, -0.15) is 0 Å². The van der Waals surface area contributed by atoms with E-state index in [1.54, 1.807) is 0 Å². The van der Waals surface area contributed by atoms with Crippen LogP contribution in [0.2, 0.25) is 0 Å². The molecule has 0 bridgehead atoms. The fraction of sp³-hybridized carbons (Fsp3) is 0.429. The van der Waals surface area contributed by atoms with E-state index in [1.165, 1.54) is 27.8 Å². The predicted octanol–water partition coefficient (Wildman–Crippen LogP) is 5.24. The van der Waals surface area contributed by atoms with Gasteiger partial charge < -0.3 is 9.80 Å². The van der Waals surface area contributed by atoms with Crippen LogP contribution in [0.5, 0.6) is 0 Å². The Labute approximate surface area is 207 Å². The lowest BCUT2D eigenvalue weighted by Gasteiger charge is -2.36. The summed E-state index contributed by atoms with van der Waals surface area (Å²) >= 11 is 1.40. The molecule has 1 saturated heterocycles. The first kappa shape index (κ1) is 24.6. The van der Waals surface area contributed by atoms with Gasteiger partial charge in [0, 0.05) is 18.0 Å². The van der Waals surface area contributed by atoms with Crippen LogP contribution in [-0.4, -0.2) is 54.8 Å². The zero-order valence-electron chi connectivity index (χ0n) is 20.7. The van der Waals surface area contributed by atoms with Crippen LogP contribution in [0.4, 0.5) is 5.69 Å². The van der Waals surface area contributed by atoms with Gasteiger partial charge in [0.2, 0.25) is 0 Å². The number of imide groups is 1. The monoisotopic (exact) mass is 477 g/mol. The Kier molecular flexibility index (Phi) is 7.79. The van der Waals surface area contributed by atoms with Gasteiger partial charge in [0.1, 0.15) is 10.6 Å². The summed E-state index contributed by atoms with van der Waals surface area (Å²) in [4.78, 5) is 34.7. The van der Waals surface area contributed by atoms with Gasteiger partial charge in [-0.25, -0.2) is 4.90 Å². The third kappa shape index (κ3) is 5.23. The number of piperidine rings is 1. The zero-order valence-corrected chi connectivity index (χ0v) is 21.5. The number of hydrogen-bond acceptors (Lipinski definition) is 5. The molecule has 0 saturated carbocycles. The molecule has 34 heavy (non-hydrogen) atoms. The molecule has 5 nitrogen and oxygen atoms in total.